The summed E-state index contributed by atoms with van der Waals surface area (Å²) in [6, 6.07) is 2.83. The summed E-state index contributed by atoms with van der Waals surface area (Å²) < 4.78 is 40.3. The van der Waals surface area contributed by atoms with Gasteiger partial charge in [-0.1, -0.05) is 0 Å². The van der Waals surface area contributed by atoms with Crippen LogP contribution in [0.5, 0.6) is 0 Å². The molecule has 0 unspecified atom stereocenters. The number of halogens is 1. The molecule has 0 aromatic heterocycles. The predicted octanol–water partition coefficient (Wildman–Crippen LogP) is 1.79. The molecule has 0 spiro atoms. The Morgan fingerprint density at radius 3 is 2.31 bits per heavy atom. The van der Waals surface area contributed by atoms with Crippen LogP contribution in [0.3, 0.4) is 0 Å². The lowest BCUT2D eigenvalue weighted by molar-refractivity contribution is -0.136. The molecule has 1 heterocycles. The lowest BCUT2D eigenvalue weighted by Crippen LogP contribution is -2.45. The highest BCUT2D eigenvalue weighted by atomic mass is 32.2. The maximum atomic E-state index is 13.8. The van der Waals surface area contributed by atoms with Crippen molar-refractivity contribution in [2.75, 3.05) is 20.1 Å². The molecule has 0 radical (unpaired) electrons. The number of hydrogen-bond donors (Lipinski definition) is 1. The molecule has 1 N–H and O–H groups in total. The number of rotatable bonds is 5. The fraction of sp³-hybridized carbons (Fsp3) is 0.529. The smallest absolute Gasteiger partial charge is 0.338 e. The van der Waals surface area contributed by atoms with Gasteiger partial charge in [0.05, 0.1) is 10.5 Å². The number of aromatic carboxylic acids is 1. The molecule has 26 heavy (non-hydrogen) atoms. The highest BCUT2D eigenvalue weighted by molar-refractivity contribution is 7.89. The van der Waals surface area contributed by atoms with E-state index in [0.29, 0.717) is 12.8 Å². The van der Waals surface area contributed by atoms with Crippen LogP contribution in [0.1, 0.15) is 37.0 Å². The van der Waals surface area contributed by atoms with Crippen molar-refractivity contribution in [2.24, 2.45) is 5.92 Å². The van der Waals surface area contributed by atoms with E-state index >= 15 is 0 Å². The van der Waals surface area contributed by atoms with Gasteiger partial charge in [-0.25, -0.2) is 17.6 Å². The number of hydrogen-bond acceptors (Lipinski definition) is 4. The summed E-state index contributed by atoms with van der Waals surface area (Å²) in [5.41, 5.74) is -0.579. The van der Waals surface area contributed by atoms with Crippen LogP contribution in [0.25, 0.3) is 0 Å². The van der Waals surface area contributed by atoms with Gasteiger partial charge in [-0.05, 0) is 44.9 Å². The molecule has 2 rings (SSSR count). The summed E-state index contributed by atoms with van der Waals surface area (Å²) in [7, 11) is -2.21. The predicted molar refractivity (Wildman–Crippen MR) is 92.7 cm³/mol. The number of sulfonamides is 1. The van der Waals surface area contributed by atoms with Crippen molar-refractivity contribution in [3.8, 4) is 0 Å². The van der Waals surface area contributed by atoms with Crippen LogP contribution in [-0.2, 0) is 14.8 Å². The summed E-state index contributed by atoms with van der Waals surface area (Å²) >= 11 is 0. The number of carboxylic acid groups (broad SMARTS) is 1. The molecule has 1 amide bonds. The quantitative estimate of drug-likeness (QED) is 0.832. The largest absolute Gasteiger partial charge is 0.478 e. The third-order valence-corrected chi connectivity index (χ3v) is 6.63. The minimum Gasteiger partial charge on any atom is -0.478 e. The van der Waals surface area contributed by atoms with Crippen molar-refractivity contribution in [2.45, 2.75) is 37.6 Å². The van der Waals surface area contributed by atoms with E-state index in [1.807, 2.05) is 13.8 Å². The minimum atomic E-state index is -3.94. The van der Waals surface area contributed by atoms with Crippen LogP contribution >= 0.6 is 0 Å². The molecule has 1 aliphatic rings. The number of carbonyl (C=O) groups excluding carboxylic acids is 1. The van der Waals surface area contributed by atoms with Crippen LogP contribution in [0.15, 0.2) is 23.1 Å². The molecule has 0 saturated carbocycles. The third kappa shape index (κ3) is 4.04. The van der Waals surface area contributed by atoms with E-state index in [-0.39, 0.29) is 35.9 Å². The average Bonchev–Trinajstić information content (AvgIpc) is 2.60. The standard InChI is InChI=1S/C17H23FN2O5S/c1-11(2)19(3)16(21)12-6-8-20(9-7-12)26(24,25)13-4-5-14(17(22)23)15(18)10-13/h4-5,10-12H,6-9H2,1-3H3,(H,22,23). The summed E-state index contributed by atoms with van der Waals surface area (Å²) in [6.45, 7) is 4.14. The number of amides is 1. The number of benzene rings is 1. The van der Waals surface area contributed by atoms with Gasteiger partial charge in [-0.3, -0.25) is 4.79 Å². The second-order valence-corrected chi connectivity index (χ2v) is 8.61. The second kappa shape index (κ2) is 7.71. The second-order valence-electron chi connectivity index (χ2n) is 6.67. The molecule has 9 heteroatoms. The normalized spacial score (nSPS) is 16.7. The van der Waals surface area contributed by atoms with E-state index < -0.39 is 27.4 Å². The summed E-state index contributed by atoms with van der Waals surface area (Å²) in [5, 5.41) is 8.84. The molecule has 144 valence electrons. The number of carbonyl (C=O) groups is 2. The van der Waals surface area contributed by atoms with Crippen LogP contribution in [0.4, 0.5) is 4.39 Å². The van der Waals surface area contributed by atoms with Crippen molar-refractivity contribution in [1.29, 1.82) is 0 Å². The number of piperidine rings is 1. The molecular weight excluding hydrogens is 363 g/mol. The third-order valence-electron chi connectivity index (χ3n) is 4.73. The van der Waals surface area contributed by atoms with Crippen LogP contribution in [-0.4, -0.2) is 60.8 Å². The van der Waals surface area contributed by atoms with Crippen molar-refractivity contribution in [1.82, 2.24) is 9.21 Å². The van der Waals surface area contributed by atoms with E-state index in [4.69, 9.17) is 5.11 Å². The van der Waals surface area contributed by atoms with E-state index in [2.05, 4.69) is 0 Å². The lowest BCUT2D eigenvalue weighted by atomic mass is 9.96. The Hall–Kier alpha value is -2.00. The first kappa shape index (κ1) is 20.3. The van der Waals surface area contributed by atoms with Gasteiger partial charge in [0.1, 0.15) is 5.82 Å². The zero-order valence-electron chi connectivity index (χ0n) is 15.0. The maximum absolute atomic E-state index is 13.8. The van der Waals surface area contributed by atoms with Crippen LogP contribution < -0.4 is 0 Å². The van der Waals surface area contributed by atoms with Gasteiger partial charge >= 0.3 is 5.97 Å². The molecule has 0 aliphatic carbocycles. The fourth-order valence-corrected chi connectivity index (χ4v) is 4.35. The van der Waals surface area contributed by atoms with Crippen molar-refractivity contribution in [3.05, 3.63) is 29.6 Å². The molecule has 1 fully saturated rings. The summed E-state index contributed by atoms with van der Waals surface area (Å²) in [5.74, 6) is -2.80. The SMILES string of the molecule is CC(C)N(C)C(=O)C1CCN(S(=O)(=O)c2ccc(C(=O)O)c(F)c2)CC1. The fourth-order valence-electron chi connectivity index (χ4n) is 2.86. The molecule has 1 aromatic rings. The van der Waals surface area contributed by atoms with Gasteiger partial charge in [0.15, 0.2) is 0 Å². The zero-order valence-corrected chi connectivity index (χ0v) is 15.8. The Kier molecular flexibility index (Phi) is 6.02. The summed E-state index contributed by atoms with van der Waals surface area (Å²) in [6.07, 6.45) is 0.787. The van der Waals surface area contributed by atoms with Gasteiger partial charge in [-0.15, -0.1) is 0 Å². The molecular formula is C17H23FN2O5S. The molecule has 0 bridgehead atoms. The molecule has 7 nitrogen and oxygen atoms in total. The Morgan fingerprint density at radius 1 is 1.27 bits per heavy atom. The Balaban J connectivity index is 2.12. The topological polar surface area (TPSA) is 95.0 Å². The van der Waals surface area contributed by atoms with Gasteiger partial charge < -0.3 is 10.0 Å². The van der Waals surface area contributed by atoms with Crippen molar-refractivity contribution in [3.63, 3.8) is 0 Å². The first-order valence-corrected chi connectivity index (χ1v) is 9.79. The highest BCUT2D eigenvalue weighted by Gasteiger charge is 2.34. The molecule has 1 aromatic carbocycles. The van der Waals surface area contributed by atoms with Crippen LogP contribution in [0.2, 0.25) is 0 Å². The minimum absolute atomic E-state index is 0.00564. The first-order valence-electron chi connectivity index (χ1n) is 8.35. The maximum Gasteiger partial charge on any atom is 0.338 e. The number of carboxylic acids is 1. The van der Waals surface area contributed by atoms with Crippen LogP contribution in [0, 0.1) is 11.7 Å². The van der Waals surface area contributed by atoms with Crippen molar-refractivity contribution < 1.29 is 27.5 Å². The van der Waals surface area contributed by atoms with Gasteiger partial charge in [0.2, 0.25) is 15.9 Å². The molecule has 1 saturated heterocycles. The van der Waals surface area contributed by atoms with Crippen molar-refractivity contribution >= 4 is 21.9 Å². The Labute approximate surface area is 152 Å². The van der Waals surface area contributed by atoms with E-state index in [9.17, 15) is 22.4 Å². The molecule has 1 aliphatic heterocycles. The Morgan fingerprint density at radius 2 is 1.85 bits per heavy atom. The van der Waals surface area contributed by atoms with Gasteiger partial charge in [-0.2, -0.15) is 4.31 Å². The van der Waals surface area contributed by atoms with Gasteiger partial charge in [0, 0.05) is 32.1 Å². The first-order chi connectivity index (χ1) is 12.1. The average molecular weight is 386 g/mol. The highest BCUT2D eigenvalue weighted by Crippen LogP contribution is 2.26. The summed E-state index contributed by atoms with van der Waals surface area (Å²) in [4.78, 5) is 24.6. The molecule has 0 atom stereocenters. The Bertz CT molecular complexity index is 801. The van der Waals surface area contributed by atoms with E-state index in [1.165, 1.54) is 4.31 Å². The number of nitrogens with zero attached hydrogens (tertiary/aromatic N) is 2. The lowest BCUT2D eigenvalue weighted by Gasteiger charge is -2.33. The van der Waals surface area contributed by atoms with E-state index in [1.54, 1.807) is 11.9 Å². The van der Waals surface area contributed by atoms with E-state index in [0.717, 1.165) is 18.2 Å². The van der Waals surface area contributed by atoms with Gasteiger partial charge in [0.25, 0.3) is 0 Å². The zero-order chi connectivity index (χ0) is 19.6. The monoisotopic (exact) mass is 386 g/mol.